The minimum absolute atomic E-state index is 0.113. The van der Waals surface area contributed by atoms with Gasteiger partial charge in [-0.05, 0) is 31.2 Å². The van der Waals surface area contributed by atoms with Crippen molar-refractivity contribution in [2.45, 2.75) is 20.0 Å². The molecule has 0 spiro atoms. The van der Waals surface area contributed by atoms with Crippen LogP contribution in [0.5, 0.6) is 0 Å². The fraction of sp³-hybridized carbons (Fsp3) is 0.235. The van der Waals surface area contributed by atoms with Gasteiger partial charge in [0.1, 0.15) is 12.4 Å². The van der Waals surface area contributed by atoms with Crippen molar-refractivity contribution in [1.29, 1.82) is 0 Å². The third-order valence-electron chi connectivity index (χ3n) is 3.88. The molecule has 3 aromatic rings. The van der Waals surface area contributed by atoms with Crippen molar-refractivity contribution in [3.63, 3.8) is 0 Å². The van der Waals surface area contributed by atoms with Crippen LogP contribution in [-0.4, -0.2) is 36.9 Å². The summed E-state index contributed by atoms with van der Waals surface area (Å²) < 4.78 is 1.22. The molecule has 0 aliphatic rings. The third kappa shape index (κ3) is 3.80. The summed E-state index contributed by atoms with van der Waals surface area (Å²) in [7, 11) is 0. The number of likely N-dealkylation sites (N-methyl/N-ethyl adjacent to an activating group) is 1. The second-order valence-electron chi connectivity index (χ2n) is 5.61. The average molecular weight is 374 g/mol. The number of halogens is 1. The Morgan fingerprint density at radius 3 is 2.88 bits per heavy atom. The highest BCUT2D eigenvalue weighted by atomic mass is 35.5. The van der Waals surface area contributed by atoms with Crippen molar-refractivity contribution in [3.05, 3.63) is 68.3 Å². The molecule has 2 heterocycles. The summed E-state index contributed by atoms with van der Waals surface area (Å²) >= 11 is 5.96. The van der Waals surface area contributed by atoms with E-state index in [4.69, 9.17) is 11.6 Å². The molecule has 2 aromatic heterocycles. The molecule has 0 saturated carbocycles. The number of hydrogen-bond donors (Lipinski definition) is 1. The molecule has 9 heteroatoms. The van der Waals surface area contributed by atoms with Gasteiger partial charge in [-0.2, -0.15) is 0 Å². The number of nitrogens with zero attached hydrogens (tertiary/aromatic N) is 4. The number of carbonyl (C=O) groups is 1. The van der Waals surface area contributed by atoms with E-state index in [1.807, 2.05) is 0 Å². The molecule has 1 N–H and O–H groups in total. The maximum Gasteiger partial charge on any atom is 0.347 e. The van der Waals surface area contributed by atoms with Crippen molar-refractivity contribution in [1.82, 2.24) is 24.4 Å². The second kappa shape index (κ2) is 7.49. The molecule has 0 atom stereocenters. The van der Waals surface area contributed by atoms with E-state index in [9.17, 15) is 14.4 Å². The Labute approximate surface area is 153 Å². The van der Waals surface area contributed by atoms with Crippen LogP contribution in [0.4, 0.5) is 0 Å². The highest BCUT2D eigenvalue weighted by molar-refractivity contribution is 6.31. The lowest BCUT2D eigenvalue weighted by Gasteiger charge is -2.20. The van der Waals surface area contributed by atoms with E-state index in [0.717, 1.165) is 0 Å². The summed E-state index contributed by atoms with van der Waals surface area (Å²) in [5.41, 5.74) is -0.333. The average Bonchev–Trinajstić information content (AvgIpc) is 2.61. The minimum Gasteiger partial charge on any atom is -0.334 e. The van der Waals surface area contributed by atoms with Crippen LogP contribution in [-0.2, 0) is 17.9 Å². The predicted molar refractivity (Wildman–Crippen MR) is 97.0 cm³/mol. The molecule has 1 amide bonds. The van der Waals surface area contributed by atoms with Crippen LogP contribution in [0.2, 0.25) is 5.02 Å². The largest absolute Gasteiger partial charge is 0.347 e. The van der Waals surface area contributed by atoms with E-state index in [1.165, 1.54) is 21.9 Å². The summed E-state index contributed by atoms with van der Waals surface area (Å²) in [6.07, 6.45) is 2.87. The SMILES string of the molecule is CCN(Cc1nc2cc(Cl)ccc2c(=O)[nH]1)C(=O)Cn1cccnc1=O. The van der Waals surface area contributed by atoms with E-state index in [1.54, 1.807) is 31.2 Å². The molecule has 3 rings (SSSR count). The molecular weight excluding hydrogens is 358 g/mol. The molecule has 0 fully saturated rings. The molecule has 0 unspecified atom stereocenters. The van der Waals surface area contributed by atoms with E-state index in [-0.39, 0.29) is 24.6 Å². The number of nitrogens with one attached hydrogen (secondary N) is 1. The first-order valence-corrected chi connectivity index (χ1v) is 8.33. The second-order valence-corrected chi connectivity index (χ2v) is 6.05. The topological polar surface area (TPSA) is 101 Å². The zero-order valence-electron chi connectivity index (χ0n) is 14.0. The molecule has 0 radical (unpaired) electrons. The minimum atomic E-state index is -0.496. The van der Waals surface area contributed by atoms with Crippen LogP contribution in [0.25, 0.3) is 10.9 Å². The van der Waals surface area contributed by atoms with E-state index in [2.05, 4.69) is 15.0 Å². The number of benzene rings is 1. The van der Waals surface area contributed by atoms with Gasteiger partial charge < -0.3 is 9.88 Å². The quantitative estimate of drug-likeness (QED) is 0.723. The van der Waals surface area contributed by atoms with Crippen LogP contribution in [0.3, 0.4) is 0 Å². The van der Waals surface area contributed by atoms with Crippen molar-refractivity contribution in [3.8, 4) is 0 Å². The summed E-state index contributed by atoms with van der Waals surface area (Å²) in [5, 5.41) is 0.898. The van der Waals surface area contributed by atoms with Crippen molar-refractivity contribution < 1.29 is 4.79 Å². The molecule has 26 heavy (non-hydrogen) atoms. The van der Waals surface area contributed by atoms with Gasteiger partial charge in [0.05, 0.1) is 17.4 Å². The Morgan fingerprint density at radius 1 is 1.35 bits per heavy atom. The highest BCUT2D eigenvalue weighted by Crippen LogP contribution is 2.15. The molecular formula is C17H16ClN5O3. The number of fused-ring (bicyclic) bond motifs is 1. The van der Waals surface area contributed by atoms with Crippen LogP contribution >= 0.6 is 11.6 Å². The molecule has 134 valence electrons. The van der Waals surface area contributed by atoms with Gasteiger partial charge in [0.15, 0.2) is 0 Å². The van der Waals surface area contributed by atoms with Crippen molar-refractivity contribution >= 4 is 28.4 Å². The molecule has 0 aliphatic carbocycles. The standard InChI is InChI=1S/C17H16ClN5O3/c1-2-22(15(24)10-23-7-3-6-19-17(23)26)9-14-20-13-8-11(18)4-5-12(13)16(25)21-14/h3-8H,2,9-10H2,1H3,(H,20,21,25). The van der Waals surface area contributed by atoms with Gasteiger partial charge in [-0.15, -0.1) is 0 Å². The Morgan fingerprint density at radius 2 is 2.15 bits per heavy atom. The Bertz CT molecular complexity index is 1080. The number of H-pyrrole nitrogens is 1. The Hall–Kier alpha value is -3.00. The summed E-state index contributed by atoms with van der Waals surface area (Å²) in [6.45, 7) is 2.18. The zero-order valence-corrected chi connectivity index (χ0v) is 14.7. The lowest BCUT2D eigenvalue weighted by atomic mass is 10.2. The lowest BCUT2D eigenvalue weighted by Crippen LogP contribution is -2.37. The molecule has 1 aromatic carbocycles. The van der Waals surface area contributed by atoms with E-state index >= 15 is 0 Å². The number of amides is 1. The van der Waals surface area contributed by atoms with Gasteiger partial charge in [-0.25, -0.2) is 14.8 Å². The van der Waals surface area contributed by atoms with Gasteiger partial charge in [0.2, 0.25) is 5.91 Å². The molecule has 0 aliphatic heterocycles. The van der Waals surface area contributed by atoms with Gasteiger partial charge in [0, 0.05) is 24.0 Å². The van der Waals surface area contributed by atoms with Gasteiger partial charge >= 0.3 is 5.69 Å². The number of rotatable bonds is 5. The van der Waals surface area contributed by atoms with Gasteiger partial charge in [-0.1, -0.05) is 11.6 Å². The Balaban J connectivity index is 1.85. The first kappa shape index (κ1) is 17.8. The normalized spacial score (nSPS) is 10.8. The third-order valence-corrected chi connectivity index (χ3v) is 4.12. The van der Waals surface area contributed by atoms with Gasteiger partial charge in [-0.3, -0.25) is 14.2 Å². The monoisotopic (exact) mass is 373 g/mol. The van der Waals surface area contributed by atoms with Crippen LogP contribution in [0, 0.1) is 0 Å². The highest BCUT2D eigenvalue weighted by Gasteiger charge is 2.15. The van der Waals surface area contributed by atoms with E-state index in [0.29, 0.717) is 28.3 Å². The summed E-state index contributed by atoms with van der Waals surface area (Å²) in [5.74, 6) is 0.0648. The van der Waals surface area contributed by atoms with Crippen molar-refractivity contribution in [2.24, 2.45) is 0 Å². The molecule has 0 saturated heterocycles. The summed E-state index contributed by atoms with van der Waals surface area (Å²) in [6, 6.07) is 6.40. The fourth-order valence-electron chi connectivity index (χ4n) is 2.55. The number of hydrogen-bond acceptors (Lipinski definition) is 5. The number of aromatic amines is 1. The molecule has 8 nitrogen and oxygen atoms in total. The molecule has 0 bridgehead atoms. The van der Waals surface area contributed by atoms with Crippen LogP contribution in [0.15, 0.2) is 46.2 Å². The van der Waals surface area contributed by atoms with Crippen LogP contribution in [0.1, 0.15) is 12.7 Å². The maximum atomic E-state index is 12.5. The maximum absolute atomic E-state index is 12.5. The zero-order chi connectivity index (χ0) is 18.7. The van der Waals surface area contributed by atoms with Crippen LogP contribution < -0.4 is 11.2 Å². The van der Waals surface area contributed by atoms with Gasteiger partial charge in [0.25, 0.3) is 5.56 Å². The first-order valence-electron chi connectivity index (χ1n) is 7.95. The summed E-state index contributed by atoms with van der Waals surface area (Å²) in [4.78, 5) is 48.5. The first-order chi connectivity index (χ1) is 12.5. The number of carbonyl (C=O) groups excluding carboxylic acids is 1. The van der Waals surface area contributed by atoms with E-state index < -0.39 is 5.69 Å². The fourth-order valence-corrected chi connectivity index (χ4v) is 2.71. The lowest BCUT2D eigenvalue weighted by molar-refractivity contribution is -0.132. The number of aromatic nitrogens is 4. The Kier molecular flexibility index (Phi) is 5.13. The smallest absolute Gasteiger partial charge is 0.334 e. The predicted octanol–water partition coefficient (Wildman–Crippen LogP) is 1.18. The van der Waals surface area contributed by atoms with Crippen molar-refractivity contribution in [2.75, 3.05) is 6.54 Å².